The normalized spacial score (nSPS) is 18.6. The van der Waals surface area contributed by atoms with E-state index >= 15 is 0 Å². The number of hydrogen-bond donors (Lipinski definition) is 2. The van der Waals surface area contributed by atoms with Gasteiger partial charge in [0, 0.05) is 18.7 Å². The smallest absolute Gasteiger partial charge is 0.228 e. The van der Waals surface area contributed by atoms with Gasteiger partial charge in [0.1, 0.15) is 11.9 Å². The highest BCUT2D eigenvalue weighted by Crippen LogP contribution is 2.31. The minimum absolute atomic E-state index is 0.0415. The molecule has 1 atom stereocenters. The number of carbonyl (C=O) groups excluding carboxylic acids is 1. The van der Waals surface area contributed by atoms with Gasteiger partial charge in [-0.25, -0.2) is 4.98 Å². The van der Waals surface area contributed by atoms with Gasteiger partial charge in [-0.2, -0.15) is 0 Å². The van der Waals surface area contributed by atoms with Gasteiger partial charge in [0.15, 0.2) is 11.5 Å². The van der Waals surface area contributed by atoms with Crippen LogP contribution in [0.5, 0.6) is 11.5 Å². The minimum Gasteiger partial charge on any atom is -0.490 e. The second-order valence-corrected chi connectivity index (χ2v) is 7.41. The molecule has 2 aliphatic rings. The fourth-order valence-corrected chi connectivity index (χ4v) is 3.76. The van der Waals surface area contributed by atoms with E-state index < -0.39 is 0 Å². The van der Waals surface area contributed by atoms with Crippen molar-refractivity contribution in [3.05, 3.63) is 47.8 Å². The Morgan fingerprint density at radius 1 is 1.07 bits per heavy atom. The zero-order valence-electron chi connectivity index (χ0n) is 16.1. The summed E-state index contributed by atoms with van der Waals surface area (Å²) in [5.74, 6) is 2.21. The van der Waals surface area contributed by atoms with Gasteiger partial charge in [-0.1, -0.05) is 6.07 Å². The predicted octanol–water partition coefficient (Wildman–Crippen LogP) is 3.76. The first kappa shape index (κ1) is 18.0. The predicted molar refractivity (Wildman–Crippen MR) is 108 cm³/mol. The summed E-state index contributed by atoms with van der Waals surface area (Å²) in [6.07, 6.45) is 3.20. The lowest BCUT2D eigenvalue weighted by Gasteiger charge is -2.10. The van der Waals surface area contributed by atoms with Crippen LogP contribution in [-0.4, -0.2) is 35.7 Å². The lowest BCUT2D eigenvalue weighted by atomic mass is 10.1. The van der Waals surface area contributed by atoms with Gasteiger partial charge in [0.05, 0.1) is 30.7 Å². The lowest BCUT2D eigenvalue weighted by Crippen LogP contribution is -2.14. The van der Waals surface area contributed by atoms with E-state index in [0.29, 0.717) is 19.0 Å². The first-order chi connectivity index (χ1) is 14.2. The topological polar surface area (TPSA) is 85.5 Å². The highest BCUT2D eigenvalue weighted by Gasteiger charge is 2.21. The zero-order valence-corrected chi connectivity index (χ0v) is 16.1. The van der Waals surface area contributed by atoms with Crippen LogP contribution >= 0.6 is 0 Å². The highest BCUT2D eigenvalue weighted by atomic mass is 16.5. The van der Waals surface area contributed by atoms with Crippen molar-refractivity contribution in [1.29, 1.82) is 0 Å². The molecule has 2 N–H and O–H groups in total. The summed E-state index contributed by atoms with van der Waals surface area (Å²) in [5.41, 5.74) is 3.38. The molecule has 2 aromatic carbocycles. The Morgan fingerprint density at radius 3 is 2.83 bits per heavy atom. The molecule has 150 valence electrons. The van der Waals surface area contributed by atoms with Gasteiger partial charge in [0.2, 0.25) is 5.91 Å². The van der Waals surface area contributed by atoms with Crippen molar-refractivity contribution < 1.29 is 19.0 Å². The molecule has 0 bridgehead atoms. The number of aromatic nitrogens is 2. The number of H-pyrrole nitrogens is 1. The molecule has 0 radical (unpaired) electrons. The molecule has 3 heterocycles. The molecule has 0 aliphatic carbocycles. The van der Waals surface area contributed by atoms with Crippen LogP contribution in [0.1, 0.15) is 36.8 Å². The van der Waals surface area contributed by atoms with Crippen molar-refractivity contribution >= 4 is 22.6 Å². The van der Waals surface area contributed by atoms with E-state index in [9.17, 15) is 4.79 Å². The molecule has 0 saturated carbocycles. The SMILES string of the molecule is O=C(Cc1ccc2c(c1)OCCCO2)Nc1ccc2nc([C@@H]3CCCO3)[nH]c2c1. The third kappa shape index (κ3) is 3.91. The van der Waals surface area contributed by atoms with Gasteiger partial charge in [-0.05, 0) is 48.7 Å². The van der Waals surface area contributed by atoms with Crippen LogP contribution in [0.3, 0.4) is 0 Å². The maximum atomic E-state index is 12.5. The first-order valence-corrected chi connectivity index (χ1v) is 10.0. The number of carbonyl (C=O) groups is 1. The number of benzene rings is 2. The number of rotatable bonds is 4. The number of nitrogens with zero attached hydrogens (tertiary/aromatic N) is 1. The van der Waals surface area contributed by atoms with Crippen LogP contribution in [0, 0.1) is 0 Å². The zero-order chi connectivity index (χ0) is 19.6. The molecule has 1 saturated heterocycles. The van der Waals surface area contributed by atoms with Gasteiger partial charge < -0.3 is 24.5 Å². The molecule has 1 fully saturated rings. The molecule has 3 aromatic rings. The highest BCUT2D eigenvalue weighted by molar-refractivity contribution is 5.94. The first-order valence-electron chi connectivity index (χ1n) is 10.0. The summed E-state index contributed by atoms with van der Waals surface area (Å²) in [7, 11) is 0. The summed E-state index contributed by atoms with van der Waals surface area (Å²) >= 11 is 0. The van der Waals surface area contributed by atoms with Crippen molar-refractivity contribution in [3.8, 4) is 11.5 Å². The van der Waals surface area contributed by atoms with Crippen LogP contribution in [0.4, 0.5) is 5.69 Å². The van der Waals surface area contributed by atoms with Gasteiger partial charge >= 0.3 is 0 Å². The molecular weight excluding hydrogens is 370 g/mol. The number of amides is 1. The number of aromatic amines is 1. The largest absolute Gasteiger partial charge is 0.490 e. The summed E-state index contributed by atoms with van der Waals surface area (Å²) in [4.78, 5) is 20.5. The Kier molecular flexibility index (Phi) is 4.81. The number of imidazole rings is 1. The molecule has 5 rings (SSSR count). The van der Waals surface area contributed by atoms with Crippen LogP contribution in [0.2, 0.25) is 0 Å². The van der Waals surface area contributed by atoms with Crippen molar-refractivity contribution in [2.45, 2.75) is 31.8 Å². The van der Waals surface area contributed by atoms with E-state index in [4.69, 9.17) is 14.2 Å². The average Bonchev–Trinajstić information content (AvgIpc) is 3.33. The quantitative estimate of drug-likeness (QED) is 0.705. The lowest BCUT2D eigenvalue weighted by molar-refractivity contribution is -0.115. The molecule has 7 heteroatoms. The van der Waals surface area contributed by atoms with E-state index in [0.717, 1.165) is 59.7 Å². The van der Waals surface area contributed by atoms with Crippen molar-refractivity contribution in [2.24, 2.45) is 0 Å². The van der Waals surface area contributed by atoms with E-state index in [1.165, 1.54) is 0 Å². The molecule has 1 amide bonds. The summed E-state index contributed by atoms with van der Waals surface area (Å²) in [5, 5.41) is 2.96. The fourth-order valence-electron chi connectivity index (χ4n) is 3.76. The molecule has 2 aliphatic heterocycles. The summed E-state index contributed by atoms with van der Waals surface area (Å²) in [6.45, 7) is 2.06. The van der Waals surface area contributed by atoms with Gasteiger partial charge in [-0.3, -0.25) is 4.79 Å². The van der Waals surface area contributed by atoms with Gasteiger partial charge in [0.25, 0.3) is 0 Å². The van der Waals surface area contributed by atoms with Crippen LogP contribution in [0.25, 0.3) is 11.0 Å². The van der Waals surface area contributed by atoms with Crippen molar-refractivity contribution in [2.75, 3.05) is 25.1 Å². The summed E-state index contributed by atoms with van der Waals surface area (Å²) in [6, 6.07) is 11.3. The molecule has 1 aromatic heterocycles. The van der Waals surface area contributed by atoms with Gasteiger partial charge in [-0.15, -0.1) is 0 Å². The number of nitrogens with one attached hydrogen (secondary N) is 2. The van der Waals surface area contributed by atoms with E-state index in [1.807, 2.05) is 36.4 Å². The standard InChI is InChI=1S/C22H23N3O4/c26-21(12-14-4-7-18-20(11-14)29-10-2-9-27-18)23-15-5-6-16-17(13-15)25-22(24-16)19-3-1-8-28-19/h4-7,11,13,19H,1-3,8-10,12H2,(H,23,26)(H,24,25)/t19-/m0/s1. The minimum atomic E-state index is -0.0855. The number of fused-ring (bicyclic) bond motifs is 2. The molecular formula is C22H23N3O4. The Hall–Kier alpha value is -3.06. The molecule has 7 nitrogen and oxygen atoms in total. The van der Waals surface area contributed by atoms with Crippen LogP contribution in [-0.2, 0) is 16.0 Å². The third-order valence-corrected chi connectivity index (χ3v) is 5.20. The van der Waals surface area contributed by atoms with E-state index in [2.05, 4.69) is 15.3 Å². The Labute approximate surface area is 168 Å². The monoisotopic (exact) mass is 393 g/mol. The molecule has 0 spiro atoms. The van der Waals surface area contributed by atoms with Crippen molar-refractivity contribution in [3.63, 3.8) is 0 Å². The second-order valence-electron chi connectivity index (χ2n) is 7.41. The maximum Gasteiger partial charge on any atom is 0.228 e. The number of anilines is 1. The fraction of sp³-hybridized carbons (Fsp3) is 0.364. The van der Waals surface area contributed by atoms with Crippen LogP contribution in [0.15, 0.2) is 36.4 Å². The third-order valence-electron chi connectivity index (χ3n) is 5.20. The van der Waals surface area contributed by atoms with E-state index in [1.54, 1.807) is 0 Å². The Bertz CT molecular complexity index is 1040. The van der Waals surface area contributed by atoms with Crippen molar-refractivity contribution in [1.82, 2.24) is 9.97 Å². The molecule has 0 unspecified atom stereocenters. The van der Waals surface area contributed by atoms with Crippen LogP contribution < -0.4 is 14.8 Å². The Balaban J connectivity index is 1.27. The number of ether oxygens (including phenoxy) is 3. The Morgan fingerprint density at radius 2 is 1.97 bits per heavy atom. The maximum absolute atomic E-state index is 12.5. The summed E-state index contributed by atoms with van der Waals surface area (Å²) < 4.78 is 17.0. The second kappa shape index (κ2) is 7.75. The molecule has 29 heavy (non-hydrogen) atoms. The van der Waals surface area contributed by atoms with E-state index in [-0.39, 0.29) is 18.4 Å². The number of hydrogen-bond acceptors (Lipinski definition) is 5. The average molecular weight is 393 g/mol.